The van der Waals surface area contributed by atoms with Crippen molar-refractivity contribution in [1.82, 2.24) is 9.44 Å². The van der Waals surface area contributed by atoms with Crippen LogP contribution < -0.4 is 9.44 Å². The minimum Gasteiger partial charge on any atom is -0.197 e. The van der Waals surface area contributed by atoms with Gasteiger partial charge in [0.2, 0.25) is 0 Å². The summed E-state index contributed by atoms with van der Waals surface area (Å²) in [7, 11) is -3.66. The number of hydrogen-bond acceptors (Lipinski definition) is 3. The van der Waals surface area contributed by atoms with Gasteiger partial charge in [-0.1, -0.05) is 13.8 Å². The number of hydrogen-bond donors (Lipinski definition) is 2. The summed E-state index contributed by atoms with van der Waals surface area (Å²) in [5.74, 6) is 0. The maximum Gasteiger partial charge on any atom is 0.278 e. The summed E-state index contributed by atoms with van der Waals surface area (Å²) in [6.45, 7) is 8.81. The van der Waals surface area contributed by atoms with E-state index in [4.69, 9.17) is 5.26 Å². The van der Waals surface area contributed by atoms with Crippen LogP contribution in [0.2, 0.25) is 0 Å². The summed E-state index contributed by atoms with van der Waals surface area (Å²) < 4.78 is 28.4. The van der Waals surface area contributed by atoms with Crippen LogP contribution in [-0.4, -0.2) is 19.5 Å². The Morgan fingerprint density at radius 3 is 1.81 bits per heavy atom. The smallest absolute Gasteiger partial charge is 0.197 e. The number of nitrogens with one attached hydrogen (secondary N) is 2. The molecule has 0 bridgehead atoms. The van der Waals surface area contributed by atoms with Crippen molar-refractivity contribution in [3.8, 4) is 6.07 Å². The first kappa shape index (κ1) is 15.4. The molecular formula is C10H21N3O2S. The van der Waals surface area contributed by atoms with E-state index in [9.17, 15) is 8.42 Å². The van der Waals surface area contributed by atoms with E-state index in [0.717, 1.165) is 0 Å². The average molecular weight is 247 g/mol. The van der Waals surface area contributed by atoms with E-state index >= 15 is 0 Å². The van der Waals surface area contributed by atoms with Crippen LogP contribution in [0.5, 0.6) is 0 Å². The molecule has 0 aromatic rings. The SMILES string of the molecule is CCC(C#N)(CC)NS(=O)(=O)NC(C)(C)C. The summed E-state index contributed by atoms with van der Waals surface area (Å²) >= 11 is 0. The van der Waals surface area contributed by atoms with Gasteiger partial charge in [-0.3, -0.25) is 0 Å². The van der Waals surface area contributed by atoms with Gasteiger partial charge in [0, 0.05) is 5.54 Å². The fraction of sp³-hybridized carbons (Fsp3) is 0.900. The van der Waals surface area contributed by atoms with Crippen LogP contribution in [0, 0.1) is 11.3 Å². The number of rotatable bonds is 5. The van der Waals surface area contributed by atoms with Crippen LogP contribution in [0.4, 0.5) is 0 Å². The van der Waals surface area contributed by atoms with Gasteiger partial charge in [0.25, 0.3) is 10.2 Å². The van der Waals surface area contributed by atoms with Gasteiger partial charge in [-0.25, -0.2) is 0 Å². The molecule has 0 aliphatic carbocycles. The molecule has 0 saturated carbocycles. The highest BCUT2D eigenvalue weighted by Crippen LogP contribution is 2.15. The van der Waals surface area contributed by atoms with Crippen LogP contribution in [0.3, 0.4) is 0 Å². The first-order valence-corrected chi connectivity index (χ1v) is 6.82. The molecular weight excluding hydrogens is 226 g/mol. The van der Waals surface area contributed by atoms with E-state index in [1.165, 1.54) is 0 Å². The van der Waals surface area contributed by atoms with Gasteiger partial charge in [0.1, 0.15) is 5.54 Å². The van der Waals surface area contributed by atoms with Crippen molar-refractivity contribution in [2.75, 3.05) is 0 Å². The van der Waals surface area contributed by atoms with Gasteiger partial charge < -0.3 is 0 Å². The van der Waals surface area contributed by atoms with Gasteiger partial charge in [0.05, 0.1) is 6.07 Å². The summed E-state index contributed by atoms with van der Waals surface area (Å²) in [6, 6.07) is 2.03. The van der Waals surface area contributed by atoms with Crippen molar-refractivity contribution < 1.29 is 8.42 Å². The maximum absolute atomic E-state index is 11.8. The quantitative estimate of drug-likeness (QED) is 0.768. The third-order valence-corrected chi connectivity index (χ3v) is 3.73. The highest BCUT2D eigenvalue weighted by atomic mass is 32.2. The third-order valence-electron chi connectivity index (χ3n) is 2.19. The van der Waals surface area contributed by atoms with E-state index in [0.29, 0.717) is 12.8 Å². The van der Waals surface area contributed by atoms with Crippen molar-refractivity contribution in [2.24, 2.45) is 0 Å². The Bertz CT molecular complexity index is 359. The van der Waals surface area contributed by atoms with Crippen molar-refractivity contribution in [2.45, 2.75) is 58.5 Å². The van der Waals surface area contributed by atoms with E-state index in [1.54, 1.807) is 34.6 Å². The monoisotopic (exact) mass is 247 g/mol. The Labute approximate surface area is 98.4 Å². The molecule has 0 atom stereocenters. The topological polar surface area (TPSA) is 82.0 Å². The third kappa shape index (κ3) is 4.92. The molecule has 6 heteroatoms. The lowest BCUT2D eigenvalue weighted by atomic mass is 9.97. The average Bonchev–Trinajstić information content (AvgIpc) is 2.10. The van der Waals surface area contributed by atoms with Gasteiger partial charge in [-0.15, -0.1) is 0 Å². The predicted molar refractivity (Wildman–Crippen MR) is 63.9 cm³/mol. The lowest BCUT2D eigenvalue weighted by Crippen LogP contribution is -2.54. The van der Waals surface area contributed by atoms with Gasteiger partial charge in [0.15, 0.2) is 0 Å². The summed E-state index contributed by atoms with van der Waals surface area (Å²) in [5, 5.41) is 9.03. The van der Waals surface area contributed by atoms with Crippen molar-refractivity contribution in [1.29, 1.82) is 5.26 Å². The molecule has 0 amide bonds. The predicted octanol–water partition coefficient (Wildman–Crippen LogP) is 1.29. The van der Waals surface area contributed by atoms with Crippen molar-refractivity contribution >= 4 is 10.2 Å². The number of nitrogens with zero attached hydrogens (tertiary/aromatic N) is 1. The first-order chi connectivity index (χ1) is 7.10. The molecule has 16 heavy (non-hydrogen) atoms. The molecule has 0 radical (unpaired) electrons. The Hall–Kier alpha value is -0.640. The lowest BCUT2D eigenvalue weighted by Gasteiger charge is -2.28. The first-order valence-electron chi connectivity index (χ1n) is 5.34. The highest BCUT2D eigenvalue weighted by Gasteiger charge is 2.32. The fourth-order valence-electron chi connectivity index (χ4n) is 1.26. The van der Waals surface area contributed by atoms with E-state index < -0.39 is 21.3 Å². The van der Waals surface area contributed by atoms with Gasteiger partial charge in [-0.05, 0) is 33.6 Å². The molecule has 0 heterocycles. The van der Waals surface area contributed by atoms with E-state index in [1.807, 2.05) is 6.07 Å². The van der Waals surface area contributed by atoms with Gasteiger partial charge in [-0.2, -0.15) is 23.1 Å². The van der Waals surface area contributed by atoms with Crippen LogP contribution in [0.1, 0.15) is 47.5 Å². The standard InChI is InChI=1S/C10H21N3O2S/c1-6-10(7-2,8-11)13-16(14,15)12-9(3,4)5/h12-13H,6-7H2,1-5H3. The zero-order chi connectivity index (χ0) is 13.0. The minimum absolute atomic E-state index is 0.436. The molecule has 0 saturated heterocycles. The molecule has 0 rings (SSSR count). The highest BCUT2D eigenvalue weighted by molar-refractivity contribution is 7.87. The summed E-state index contributed by atoms with van der Waals surface area (Å²) in [6.07, 6.45) is 0.871. The van der Waals surface area contributed by atoms with Crippen molar-refractivity contribution in [3.05, 3.63) is 0 Å². The van der Waals surface area contributed by atoms with Crippen LogP contribution >= 0.6 is 0 Å². The second kappa shape index (κ2) is 5.13. The molecule has 0 aromatic heterocycles. The molecule has 5 nitrogen and oxygen atoms in total. The van der Waals surface area contributed by atoms with Crippen LogP contribution in [0.15, 0.2) is 0 Å². The minimum atomic E-state index is -3.66. The van der Waals surface area contributed by atoms with Crippen LogP contribution in [0.25, 0.3) is 0 Å². The molecule has 0 unspecified atom stereocenters. The normalized spacial score (nSPS) is 13.5. The molecule has 0 aliphatic heterocycles. The molecule has 94 valence electrons. The molecule has 0 aliphatic rings. The van der Waals surface area contributed by atoms with E-state index in [2.05, 4.69) is 9.44 Å². The van der Waals surface area contributed by atoms with Gasteiger partial charge >= 0.3 is 0 Å². The Morgan fingerprint density at radius 2 is 1.56 bits per heavy atom. The maximum atomic E-state index is 11.8. The summed E-state index contributed by atoms with van der Waals surface area (Å²) in [5.41, 5.74) is -1.58. The summed E-state index contributed by atoms with van der Waals surface area (Å²) in [4.78, 5) is 0. The molecule has 0 spiro atoms. The zero-order valence-corrected chi connectivity index (χ0v) is 11.4. The Kier molecular flexibility index (Phi) is 4.92. The number of nitriles is 1. The lowest BCUT2D eigenvalue weighted by molar-refractivity contribution is 0.425. The zero-order valence-electron chi connectivity index (χ0n) is 10.6. The van der Waals surface area contributed by atoms with E-state index in [-0.39, 0.29) is 0 Å². The molecule has 0 fully saturated rings. The second-order valence-electron chi connectivity index (χ2n) is 4.86. The largest absolute Gasteiger partial charge is 0.278 e. The van der Waals surface area contributed by atoms with Crippen LogP contribution in [-0.2, 0) is 10.2 Å². The Morgan fingerprint density at radius 1 is 1.12 bits per heavy atom. The molecule has 2 N–H and O–H groups in total. The fourth-order valence-corrected chi connectivity index (χ4v) is 2.97. The van der Waals surface area contributed by atoms with Crippen molar-refractivity contribution in [3.63, 3.8) is 0 Å². The molecule has 0 aromatic carbocycles. The Balaban J connectivity index is 4.91. The second-order valence-corrected chi connectivity index (χ2v) is 6.27.